The summed E-state index contributed by atoms with van der Waals surface area (Å²) in [6.07, 6.45) is 1.77. The summed E-state index contributed by atoms with van der Waals surface area (Å²) in [4.78, 5) is 6.47. The van der Waals surface area contributed by atoms with Crippen LogP contribution >= 0.6 is 11.3 Å². The molecule has 1 aromatic rings. The summed E-state index contributed by atoms with van der Waals surface area (Å²) in [5, 5.41) is 2.85. The molecule has 0 bridgehead atoms. The van der Waals surface area contributed by atoms with Gasteiger partial charge in [0.25, 0.3) is 0 Å². The van der Waals surface area contributed by atoms with Gasteiger partial charge in [0.15, 0.2) is 5.13 Å². The fourth-order valence-electron chi connectivity index (χ4n) is 2.85. The highest BCUT2D eigenvalue weighted by Gasteiger charge is 2.43. The van der Waals surface area contributed by atoms with Crippen molar-refractivity contribution in [1.29, 1.82) is 0 Å². The van der Waals surface area contributed by atoms with Crippen LogP contribution in [0.25, 0.3) is 0 Å². The maximum Gasteiger partial charge on any atom is 0.214 e. The van der Waals surface area contributed by atoms with E-state index in [9.17, 15) is 8.42 Å². The van der Waals surface area contributed by atoms with Crippen LogP contribution in [0.15, 0.2) is 11.6 Å². The maximum atomic E-state index is 12.2. The van der Waals surface area contributed by atoms with Crippen molar-refractivity contribution >= 4 is 26.5 Å². The summed E-state index contributed by atoms with van der Waals surface area (Å²) in [7, 11) is -3.21. The van der Waals surface area contributed by atoms with E-state index < -0.39 is 15.6 Å². The van der Waals surface area contributed by atoms with Crippen LogP contribution in [0.1, 0.15) is 6.92 Å². The zero-order valence-corrected chi connectivity index (χ0v) is 14.2. The van der Waals surface area contributed by atoms with Gasteiger partial charge in [0.1, 0.15) is 5.60 Å². The minimum Gasteiger partial charge on any atom is -0.376 e. The lowest BCUT2D eigenvalue weighted by molar-refractivity contribution is -0.116. The summed E-state index contributed by atoms with van der Waals surface area (Å²) in [5.74, 6) is 0.111. The van der Waals surface area contributed by atoms with Crippen LogP contribution in [0.4, 0.5) is 5.13 Å². The fraction of sp³-hybridized carbons (Fsp3) is 0.769. The minimum atomic E-state index is -3.21. The number of thiazole rings is 1. The van der Waals surface area contributed by atoms with E-state index in [-0.39, 0.29) is 5.75 Å². The van der Waals surface area contributed by atoms with E-state index in [0.717, 1.165) is 11.7 Å². The molecule has 1 aromatic heterocycles. The second kappa shape index (κ2) is 6.40. The van der Waals surface area contributed by atoms with Gasteiger partial charge in [-0.25, -0.2) is 13.4 Å². The van der Waals surface area contributed by atoms with Gasteiger partial charge in [0.2, 0.25) is 10.0 Å². The highest BCUT2D eigenvalue weighted by Crippen LogP contribution is 2.28. The number of sulfonamides is 1. The third-order valence-corrected chi connectivity index (χ3v) is 6.67. The number of hydrogen-bond acceptors (Lipinski definition) is 7. The van der Waals surface area contributed by atoms with Crippen LogP contribution in [0.2, 0.25) is 0 Å². The smallest absolute Gasteiger partial charge is 0.214 e. The average molecular weight is 347 g/mol. The molecule has 1 spiro atoms. The molecule has 9 heteroatoms. The van der Waals surface area contributed by atoms with Gasteiger partial charge in [-0.2, -0.15) is 4.31 Å². The molecule has 0 radical (unpaired) electrons. The molecule has 0 unspecified atom stereocenters. The molecule has 3 heterocycles. The zero-order chi connectivity index (χ0) is 15.6. The number of rotatable bonds is 3. The lowest BCUT2D eigenvalue weighted by Crippen LogP contribution is -2.60. The number of anilines is 1. The molecule has 2 saturated heterocycles. The van der Waals surface area contributed by atoms with Gasteiger partial charge in [0.05, 0.1) is 32.1 Å². The largest absolute Gasteiger partial charge is 0.376 e. The predicted molar refractivity (Wildman–Crippen MR) is 84.9 cm³/mol. The standard InChI is InChI=1S/C13H21N3O4S2/c1-2-22(17,18)16-5-7-20-13(10-16)9-15(4-6-19-11-13)12-14-3-8-21-12/h3,8H,2,4-7,9-11H2,1H3/t13-/m0/s1. The lowest BCUT2D eigenvalue weighted by atomic mass is 10.0. The highest BCUT2D eigenvalue weighted by molar-refractivity contribution is 7.89. The summed E-state index contributed by atoms with van der Waals surface area (Å²) in [6, 6.07) is 0. The van der Waals surface area contributed by atoms with E-state index in [2.05, 4.69) is 9.88 Å². The number of hydrogen-bond donors (Lipinski definition) is 0. The SMILES string of the molecule is CCS(=O)(=O)N1CCO[C@]2(COCCN(c3nccs3)C2)C1. The molecule has 0 aromatic carbocycles. The molecule has 0 amide bonds. The second-order valence-corrected chi connectivity index (χ2v) is 8.69. The topological polar surface area (TPSA) is 72.0 Å². The molecule has 0 aliphatic carbocycles. The van der Waals surface area contributed by atoms with E-state index >= 15 is 0 Å². The van der Waals surface area contributed by atoms with Crippen LogP contribution in [-0.2, 0) is 19.5 Å². The van der Waals surface area contributed by atoms with Crippen LogP contribution in [0.3, 0.4) is 0 Å². The fourth-order valence-corrected chi connectivity index (χ4v) is 4.67. The Hall–Kier alpha value is -0.740. The lowest BCUT2D eigenvalue weighted by Gasteiger charge is -2.42. The third-order valence-electron chi connectivity index (χ3n) is 4.01. The van der Waals surface area contributed by atoms with Crippen molar-refractivity contribution < 1.29 is 17.9 Å². The van der Waals surface area contributed by atoms with Crippen LogP contribution in [0.5, 0.6) is 0 Å². The Bertz CT molecular complexity index is 592. The van der Waals surface area contributed by atoms with Crippen molar-refractivity contribution in [2.45, 2.75) is 12.5 Å². The number of nitrogens with zero attached hydrogens (tertiary/aromatic N) is 3. The van der Waals surface area contributed by atoms with Crippen molar-refractivity contribution in [3.63, 3.8) is 0 Å². The molecule has 0 N–H and O–H groups in total. The molecule has 22 heavy (non-hydrogen) atoms. The average Bonchev–Trinajstić information content (AvgIpc) is 2.98. The first-order valence-corrected chi connectivity index (χ1v) is 9.87. The molecule has 124 valence electrons. The molecule has 2 fully saturated rings. The first kappa shape index (κ1) is 16.1. The van der Waals surface area contributed by atoms with E-state index in [0.29, 0.717) is 39.5 Å². The van der Waals surface area contributed by atoms with Gasteiger partial charge in [0, 0.05) is 31.2 Å². The zero-order valence-electron chi connectivity index (χ0n) is 12.6. The molecule has 2 aliphatic rings. The van der Waals surface area contributed by atoms with Gasteiger partial charge < -0.3 is 14.4 Å². The summed E-state index contributed by atoms with van der Waals surface area (Å²) in [6.45, 7) is 5.14. The van der Waals surface area contributed by atoms with Crippen molar-refractivity contribution in [3.05, 3.63) is 11.6 Å². The van der Waals surface area contributed by atoms with Crippen molar-refractivity contribution in [3.8, 4) is 0 Å². The van der Waals surface area contributed by atoms with E-state index in [1.165, 1.54) is 4.31 Å². The number of aromatic nitrogens is 1. The van der Waals surface area contributed by atoms with Gasteiger partial charge in [-0.05, 0) is 6.92 Å². The van der Waals surface area contributed by atoms with E-state index in [1.807, 2.05) is 5.38 Å². The predicted octanol–water partition coefficient (Wildman–Crippen LogP) is 0.400. The first-order valence-electron chi connectivity index (χ1n) is 7.39. The Kier molecular flexibility index (Phi) is 4.69. The summed E-state index contributed by atoms with van der Waals surface area (Å²) >= 11 is 1.57. The monoisotopic (exact) mass is 347 g/mol. The van der Waals surface area contributed by atoms with Crippen LogP contribution in [-0.4, -0.2) is 75.1 Å². The second-order valence-electron chi connectivity index (χ2n) is 5.55. The summed E-state index contributed by atoms with van der Waals surface area (Å²) < 4.78 is 37.6. The van der Waals surface area contributed by atoms with Gasteiger partial charge in [-0.3, -0.25) is 0 Å². The van der Waals surface area contributed by atoms with Crippen LogP contribution < -0.4 is 4.90 Å². The van der Waals surface area contributed by atoms with Gasteiger partial charge in [-0.1, -0.05) is 0 Å². The Morgan fingerprint density at radius 1 is 1.36 bits per heavy atom. The molecule has 3 rings (SSSR count). The molecule has 1 atom stereocenters. The molecular weight excluding hydrogens is 326 g/mol. The Balaban J connectivity index is 1.81. The van der Waals surface area contributed by atoms with Gasteiger partial charge in [-0.15, -0.1) is 11.3 Å². The van der Waals surface area contributed by atoms with E-state index in [4.69, 9.17) is 9.47 Å². The minimum absolute atomic E-state index is 0.111. The third kappa shape index (κ3) is 3.28. The summed E-state index contributed by atoms with van der Waals surface area (Å²) in [5.41, 5.74) is -0.622. The number of morpholine rings is 1. The maximum absolute atomic E-state index is 12.2. The first-order chi connectivity index (χ1) is 10.5. The highest BCUT2D eigenvalue weighted by atomic mass is 32.2. The van der Waals surface area contributed by atoms with Crippen molar-refractivity contribution in [1.82, 2.24) is 9.29 Å². The Morgan fingerprint density at radius 3 is 2.95 bits per heavy atom. The van der Waals surface area contributed by atoms with Crippen LogP contribution in [0, 0.1) is 0 Å². The normalized spacial score (nSPS) is 28.0. The molecule has 0 saturated carbocycles. The number of ether oxygens (including phenoxy) is 2. The van der Waals surface area contributed by atoms with Gasteiger partial charge >= 0.3 is 0 Å². The Morgan fingerprint density at radius 2 is 2.23 bits per heavy atom. The quantitative estimate of drug-likeness (QED) is 0.788. The van der Waals surface area contributed by atoms with Crippen molar-refractivity contribution in [2.24, 2.45) is 0 Å². The van der Waals surface area contributed by atoms with E-state index in [1.54, 1.807) is 24.5 Å². The molecule has 2 aliphatic heterocycles. The molecular formula is C13H21N3O4S2. The Labute approximate surface area is 134 Å². The molecule has 7 nitrogen and oxygen atoms in total. The van der Waals surface area contributed by atoms with Crippen molar-refractivity contribution in [2.75, 3.05) is 56.7 Å².